The van der Waals surface area contributed by atoms with Crippen LogP contribution in [-0.4, -0.2) is 74.2 Å². The molecule has 0 aliphatic carbocycles. The summed E-state index contributed by atoms with van der Waals surface area (Å²) in [6.07, 6.45) is 0.652. The molecule has 0 saturated carbocycles. The quantitative estimate of drug-likeness (QED) is 0.707. The van der Waals surface area contributed by atoms with Gasteiger partial charge in [-0.05, 0) is 6.54 Å². The zero-order valence-electron chi connectivity index (χ0n) is 10.7. The molecule has 1 N–H and O–H groups in total. The van der Waals surface area contributed by atoms with Gasteiger partial charge in [0.25, 0.3) is 0 Å². The van der Waals surface area contributed by atoms with Gasteiger partial charge < -0.3 is 15.0 Å². The lowest BCUT2D eigenvalue weighted by Gasteiger charge is -2.40. The summed E-state index contributed by atoms with van der Waals surface area (Å²) in [5.74, 6) is 0.297. The topological polar surface area (TPSA) is 44.8 Å². The number of nitrogens with one attached hydrogen (secondary N) is 1. The molecular formula is C12H23N3O2. The molecule has 5 nitrogen and oxygen atoms in total. The summed E-state index contributed by atoms with van der Waals surface area (Å²) >= 11 is 0. The van der Waals surface area contributed by atoms with Gasteiger partial charge in [-0.1, -0.05) is 6.92 Å². The molecule has 0 unspecified atom stereocenters. The van der Waals surface area contributed by atoms with Gasteiger partial charge in [-0.15, -0.1) is 0 Å². The van der Waals surface area contributed by atoms with Crippen LogP contribution in [0, 0.1) is 0 Å². The number of nitrogens with zero attached hydrogens (tertiary/aromatic N) is 2. The monoisotopic (exact) mass is 241 g/mol. The van der Waals surface area contributed by atoms with Crippen LogP contribution < -0.4 is 5.32 Å². The molecule has 2 aliphatic rings. The third-order valence-electron chi connectivity index (χ3n) is 3.47. The minimum Gasteiger partial charge on any atom is -0.379 e. The van der Waals surface area contributed by atoms with Crippen molar-refractivity contribution in [3.05, 3.63) is 0 Å². The first-order valence-corrected chi connectivity index (χ1v) is 6.61. The number of carbonyl (C=O) groups is 1. The molecule has 0 aromatic rings. The standard InChI is InChI=1S/C12H23N3O2/c1-2-13-11-9-15(10-11)12(16)3-4-14-5-7-17-8-6-14/h11,13H,2-10H2,1H3. The molecule has 2 saturated heterocycles. The van der Waals surface area contributed by atoms with Gasteiger partial charge in [0.1, 0.15) is 0 Å². The van der Waals surface area contributed by atoms with E-state index < -0.39 is 0 Å². The molecule has 2 fully saturated rings. The molecular weight excluding hydrogens is 218 g/mol. The third-order valence-corrected chi connectivity index (χ3v) is 3.47. The summed E-state index contributed by atoms with van der Waals surface area (Å²) in [5.41, 5.74) is 0. The second-order valence-electron chi connectivity index (χ2n) is 4.76. The van der Waals surface area contributed by atoms with E-state index in [-0.39, 0.29) is 0 Å². The molecule has 2 heterocycles. The van der Waals surface area contributed by atoms with E-state index in [9.17, 15) is 4.79 Å². The number of rotatable bonds is 5. The number of ether oxygens (including phenoxy) is 1. The first-order valence-electron chi connectivity index (χ1n) is 6.61. The molecule has 2 aliphatic heterocycles. The van der Waals surface area contributed by atoms with Crippen molar-refractivity contribution in [2.75, 3.05) is 52.5 Å². The van der Waals surface area contributed by atoms with Crippen molar-refractivity contribution < 1.29 is 9.53 Å². The van der Waals surface area contributed by atoms with Gasteiger partial charge in [0.05, 0.1) is 13.2 Å². The molecule has 0 aromatic carbocycles. The number of hydrogen-bond donors (Lipinski definition) is 1. The molecule has 0 atom stereocenters. The number of carbonyl (C=O) groups excluding carboxylic acids is 1. The van der Waals surface area contributed by atoms with Crippen molar-refractivity contribution >= 4 is 5.91 Å². The Balaban J connectivity index is 1.58. The predicted octanol–water partition coefficient (Wildman–Crippen LogP) is -0.471. The smallest absolute Gasteiger partial charge is 0.223 e. The SMILES string of the molecule is CCNC1CN(C(=O)CCN2CCOCC2)C1. The average Bonchev–Trinajstić information content (AvgIpc) is 2.31. The Kier molecular flexibility index (Phi) is 4.76. The van der Waals surface area contributed by atoms with Crippen LogP contribution in [0.1, 0.15) is 13.3 Å². The maximum absolute atomic E-state index is 11.9. The fraction of sp³-hybridized carbons (Fsp3) is 0.917. The van der Waals surface area contributed by atoms with Crippen molar-refractivity contribution in [1.29, 1.82) is 0 Å². The Bertz CT molecular complexity index is 248. The van der Waals surface area contributed by atoms with Crippen molar-refractivity contribution in [3.63, 3.8) is 0 Å². The van der Waals surface area contributed by atoms with Gasteiger partial charge in [-0.25, -0.2) is 0 Å². The largest absolute Gasteiger partial charge is 0.379 e. The van der Waals surface area contributed by atoms with Crippen LogP contribution in [0.2, 0.25) is 0 Å². The predicted molar refractivity (Wildman–Crippen MR) is 65.9 cm³/mol. The van der Waals surface area contributed by atoms with Crippen LogP contribution >= 0.6 is 0 Å². The van der Waals surface area contributed by atoms with Crippen LogP contribution in [-0.2, 0) is 9.53 Å². The molecule has 0 radical (unpaired) electrons. The van der Waals surface area contributed by atoms with E-state index in [0.29, 0.717) is 18.4 Å². The van der Waals surface area contributed by atoms with E-state index in [0.717, 1.165) is 52.5 Å². The minimum atomic E-state index is 0.297. The lowest BCUT2D eigenvalue weighted by Crippen LogP contribution is -2.60. The Labute approximate surface area is 103 Å². The number of likely N-dealkylation sites (N-methyl/N-ethyl adjacent to an activating group) is 1. The van der Waals surface area contributed by atoms with Crippen LogP contribution in [0.4, 0.5) is 0 Å². The van der Waals surface area contributed by atoms with Crippen LogP contribution in [0.5, 0.6) is 0 Å². The van der Waals surface area contributed by atoms with E-state index in [1.807, 2.05) is 4.90 Å². The highest BCUT2D eigenvalue weighted by molar-refractivity contribution is 5.77. The van der Waals surface area contributed by atoms with Crippen molar-refractivity contribution in [2.45, 2.75) is 19.4 Å². The highest BCUT2D eigenvalue weighted by atomic mass is 16.5. The summed E-state index contributed by atoms with van der Waals surface area (Å²) in [6, 6.07) is 0.521. The molecule has 1 amide bonds. The normalized spacial score (nSPS) is 22.5. The molecule has 0 spiro atoms. The molecule has 2 rings (SSSR count). The van der Waals surface area contributed by atoms with Gasteiger partial charge in [0.2, 0.25) is 5.91 Å². The Morgan fingerprint density at radius 2 is 2.06 bits per heavy atom. The van der Waals surface area contributed by atoms with Gasteiger partial charge >= 0.3 is 0 Å². The summed E-state index contributed by atoms with van der Waals surface area (Å²) in [4.78, 5) is 16.1. The van der Waals surface area contributed by atoms with E-state index >= 15 is 0 Å². The van der Waals surface area contributed by atoms with Crippen LogP contribution in [0.3, 0.4) is 0 Å². The van der Waals surface area contributed by atoms with Crippen molar-refractivity contribution in [3.8, 4) is 0 Å². The molecule has 98 valence electrons. The average molecular weight is 241 g/mol. The number of likely N-dealkylation sites (tertiary alicyclic amines) is 1. The first-order chi connectivity index (χ1) is 8.29. The van der Waals surface area contributed by atoms with Crippen LogP contribution in [0.25, 0.3) is 0 Å². The second-order valence-corrected chi connectivity index (χ2v) is 4.76. The molecule has 5 heteroatoms. The Hall–Kier alpha value is -0.650. The third kappa shape index (κ3) is 3.66. The van der Waals surface area contributed by atoms with Crippen molar-refractivity contribution in [2.24, 2.45) is 0 Å². The summed E-state index contributed by atoms with van der Waals surface area (Å²) in [6.45, 7) is 9.28. The number of hydrogen-bond acceptors (Lipinski definition) is 4. The van der Waals surface area contributed by atoms with Crippen LogP contribution in [0.15, 0.2) is 0 Å². The number of morpholine rings is 1. The zero-order chi connectivity index (χ0) is 12.1. The lowest BCUT2D eigenvalue weighted by molar-refractivity contribution is -0.136. The van der Waals surface area contributed by atoms with E-state index in [1.54, 1.807) is 0 Å². The maximum atomic E-state index is 11.9. The number of amides is 1. The van der Waals surface area contributed by atoms with Crippen molar-refractivity contribution in [1.82, 2.24) is 15.1 Å². The van der Waals surface area contributed by atoms with Gasteiger partial charge in [0, 0.05) is 45.2 Å². The van der Waals surface area contributed by atoms with E-state index in [4.69, 9.17) is 4.74 Å². The highest BCUT2D eigenvalue weighted by Crippen LogP contribution is 2.10. The van der Waals surface area contributed by atoms with Gasteiger partial charge in [-0.2, -0.15) is 0 Å². The highest BCUT2D eigenvalue weighted by Gasteiger charge is 2.29. The van der Waals surface area contributed by atoms with E-state index in [2.05, 4.69) is 17.1 Å². The zero-order valence-corrected chi connectivity index (χ0v) is 10.7. The lowest BCUT2D eigenvalue weighted by atomic mass is 10.1. The molecule has 0 bridgehead atoms. The molecule has 17 heavy (non-hydrogen) atoms. The maximum Gasteiger partial charge on any atom is 0.223 e. The summed E-state index contributed by atoms with van der Waals surface area (Å²) < 4.78 is 5.28. The fourth-order valence-electron chi connectivity index (χ4n) is 2.34. The molecule has 0 aromatic heterocycles. The summed E-state index contributed by atoms with van der Waals surface area (Å²) in [5, 5.41) is 3.35. The van der Waals surface area contributed by atoms with Gasteiger partial charge in [0.15, 0.2) is 0 Å². The van der Waals surface area contributed by atoms with E-state index in [1.165, 1.54) is 0 Å². The second kappa shape index (κ2) is 6.33. The Morgan fingerprint density at radius 3 is 2.71 bits per heavy atom. The Morgan fingerprint density at radius 1 is 1.35 bits per heavy atom. The summed E-state index contributed by atoms with van der Waals surface area (Å²) in [7, 11) is 0. The van der Waals surface area contributed by atoms with Gasteiger partial charge in [-0.3, -0.25) is 9.69 Å². The minimum absolute atomic E-state index is 0.297. The first kappa shape index (κ1) is 12.8. The fourth-order valence-corrected chi connectivity index (χ4v) is 2.34.